The van der Waals surface area contributed by atoms with Gasteiger partial charge < -0.3 is 4.90 Å². The first-order valence-corrected chi connectivity index (χ1v) is 10.4. The second-order valence-electron chi connectivity index (χ2n) is 7.44. The van der Waals surface area contributed by atoms with Crippen LogP contribution < -0.4 is 5.69 Å². The number of benzene rings is 1. The summed E-state index contributed by atoms with van der Waals surface area (Å²) in [7, 11) is 0. The average Bonchev–Trinajstić information content (AvgIpc) is 3.29. The van der Waals surface area contributed by atoms with Gasteiger partial charge in [-0.25, -0.2) is 9.89 Å². The number of likely N-dealkylation sites (tertiary alicyclic amines) is 1. The van der Waals surface area contributed by atoms with Gasteiger partial charge in [0.2, 0.25) is 0 Å². The normalized spacial score (nSPS) is 15.1. The van der Waals surface area contributed by atoms with Gasteiger partial charge in [-0.3, -0.25) is 9.36 Å². The number of nitrogens with one attached hydrogen (secondary N) is 1. The number of carbonyl (C=O) groups excluding carboxylic acids is 1. The molecule has 3 aromatic rings. The van der Waals surface area contributed by atoms with E-state index in [-0.39, 0.29) is 17.5 Å². The number of hydrogen-bond donors (Lipinski definition) is 1. The Morgan fingerprint density at radius 1 is 1.14 bits per heavy atom. The minimum absolute atomic E-state index is 0.107. The Morgan fingerprint density at radius 2 is 1.86 bits per heavy atom. The Labute approximate surface area is 167 Å². The predicted octanol–water partition coefficient (Wildman–Crippen LogP) is 3.32. The number of amides is 1. The highest BCUT2D eigenvalue weighted by atomic mass is 32.1. The average molecular weight is 397 g/mol. The number of aromatic amines is 1. The molecule has 1 saturated heterocycles. The molecule has 2 aromatic heterocycles. The molecular formula is C21H24N4O2S. The van der Waals surface area contributed by atoms with E-state index in [0.717, 1.165) is 34.0 Å². The van der Waals surface area contributed by atoms with Crippen LogP contribution >= 0.6 is 11.3 Å². The number of carbonyl (C=O) groups is 1. The van der Waals surface area contributed by atoms with Gasteiger partial charge in [-0.1, -0.05) is 29.8 Å². The van der Waals surface area contributed by atoms with Crippen LogP contribution in [0.25, 0.3) is 0 Å². The minimum Gasteiger partial charge on any atom is -0.338 e. The highest BCUT2D eigenvalue weighted by Crippen LogP contribution is 2.28. The third kappa shape index (κ3) is 3.80. The second-order valence-corrected chi connectivity index (χ2v) is 8.72. The Morgan fingerprint density at radius 3 is 2.50 bits per heavy atom. The monoisotopic (exact) mass is 396 g/mol. The lowest BCUT2D eigenvalue weighted by Gasteiger charge is -2.31. The van der Waals surface area contributed by atoms with Crippen LogP contribution in [-0.4, -0.2) is 38.7 Å². The molecule has 1 aromatic carbocycles. The summed E-state index contributed by atoms with van der Waals surface area (Å²) in [5, 5.41) is 6.92. The van der Waals surface area contributed by atoms with Crippen molar-refractivity contribution in [1.82, 2.24) is 19.7 Å². The fourth-order valence-corrected chi connectivity index (χ4v) is 4.55. The van der Waals surface area contributed by atoms with Crippen molar-refractivity contribution in [3.63, 3.8) is 0 Å². The van der Waals surface area contributed by atoms with Crippen LogP contribution in [0, 0.1) is 13.8 Å². The summed E-state index contributed by atoms with van der Waals surface area (Å²) in [5.41, 5.74) is 2.10. The molecule has 0 unspecified atom stereocenters. The molecule has 1 aliphatic heterocycles. The molecule has 28 heavy (non-hydrogen) atoms. The van der Waals surface area contributed by atoms with Gasteiger partial charge >= 0.3 is 5.69 Å². The largest absolute Gasteiger partial charge is 0.343 e. The lowest BCUT2D eigenvalue weighted by atomic mass is 9.95. The van der Waals surface area contributed by atoms with Gasteiger partial charge in [0.1, 0.15) is 5.82 Å². The zero-order valence-electron chi connectivity index (χ0n) is 16.1. The van der Waals surface area contributed by atoms with E-state index < -0.39 is 0 Å². The number of hydrogen-bond acceptors (Lipinski definition) is 4. The van der Waals surface area contributed by atoms with Crippen LogP contribution in [-0.2, 0) is 6.54 Å². The fraction of sp³-hybridized carbons (Fsp3) is 0.381. The highest BCUT2D eigenvalue weighted by Gasteiger charge is 2.28. The van der Waals surface area contributed by atoms with Crippen molar-refractivity contribution in [2.75, 3.05) is 13.1 Å². The predicted molar refractivity (Wildman–Crippen MR) is 110 cm³/mol. The van der Waals surface area contributed by atoms with Gasteiger partial charge in [0.15, 0.2) is 0 Å². The van der Waals surface area contributed by atoms with Crippen molar-refractivity contribution in [1.29, 1.82) is 0 Å². The van der Waals surface area contributed by atoms with Crippen molar-refractivity contribution in [2.24, 2.45) is 0 Å². The Hall–Kier alpha value is -2.67. The summed E-state index contributed by atoms with van der Waals surface area (Å²) in [4.78, 5) is 28.8. The molecule has 1 N–H and O–H groups in total. The maximum atomic E-state index is 12.7. The van der Waals surface area contributed by atoms with E-state index in [2.05, 4.69) is 22.3 Å². The fourth-order valence-electron chi connectivity index (χ4n) is 3.72. The third-order valence-electron chi connectivity index (χ3n) is 5.35. The van der Waals surface area contributed by atoms with Gasteiger partial charge in [-0.2, -0.15) is 5.10 Å². The molecule has 0 aliphatic carbocycles. The number of thiophene rings is 1. The maximum absolute atomic E-state index is 12.7. The van der Waals surface area contributed by atoms with Crippen LogP contribution in [0.1, 0.15) is 50.3 Å². The van der Waals surface area contributed by atoms with E-state index in [0.29, 0.717) is 19.6 Å². The number of nitrogens with zero attached hydrogens (tertiary/aromatic N) is 3. The molecule has 1 amide bonds. The molecule has 4 rings (SSSR count). The van der Waals surface area contributed by atoms with Crippen LogP contribution in [0.2, 0.25) is 0 Å². The van der Waals surface area contributed by atoms with Crippen molar-refractivity contribution in [3.05, 3.63) is 73.6 Å². The molecule has 0 spiro atoms. The molecule has 0 saturated carbocycles. The van der Waals surface area contributed by atoms with Gasteiger partial charge in [-0.15, -0.1) is 11.3 Å². The number of rotatable bonds is 4. The first-order chi connectivity index (χ1) is 13.5. The molecule has 0 atom stereocenters. The molecule has 0 bridgehead atoms. The SMILES string of the molecule is Cc1ccc(Cn2c(C3CCN(C(=O)c4ccc(C)s4)CC3)n[nH]c2=O)cc1. The van der Waals surface area contributed by atoms with Crippen LogP contribution in [0.4, 0.5) is 0 Å². The molecule has 1 fully saturated rings. The van der Waals surface area contributed by atoms with Crippen LogP contribution in [0.15, 0.2) is 41.2 Å². The van der Waals surface area contributed by atoms with Gasteiger partial charge in [0.25, 0.3) is 5.91 Å². The Bertz CT molecular complexity index is 1020. The number of piperidine rings is 1. The van der Waals surface area contributed by atoms with E-state index in [4.69, 9.17) is 0 Å². The van der Waals surface area contributed by atoms with E-state index in [1.807, 2.05) is 43.0 Å². The summed E-state index contributed by atoms with van der Waals surface area (Å²) in [5.74, 6) is 1.08. The highest BCUT2D eigenvalue weighted by molar-refractivity contribution is 7.13. The number of aromatic nitrogens is 3. The van der Waals surface area contributed by atoms with Crippen molar-refractivity contribution < 1.29 is 4.79 Å². The molecule has 3 heterocycles. The Kier molecular flexibility index (Phi) is 5.17. The van der Waals surface area contributed by atoms with Crippen LogP contribution in [0.5, 0.6) is 0 Å². The summed E-state index contributed by atoms with van der Waals surface area (Å²) >= 11 is 1.54. The minimum atomic E-state index is -0.178. The molecule has 0 radical (unpaired) electrons. The van der Waals surface area contributed by atoms with Crippen molar-refractivity contribution >= 4 is 17.2 Å². The molecular weight excluding hydrogens is 372 g/mol. The molecule has 146 valence electrons. The van der Waals surface area contributed by atoms with Crippen molar-refractivity contribution in [3.8, 4) is 0 Å². The van der Waals surface area contributed by atoms with E-state index >= 15 is 0 Å². The lowest BCUT2D eigenvalue weighted by Crippen LogP contribution is -2.38. The second kappa shape index (κ2) is 7.75. The summed E-state index contributed by atoms with van der Waals surface area (Å²) in [6, 6.07) is 12.1. The summed E-state index contributed by atoms with van der Waals surface area (Å²) < 4.78 is 1.73. The summed E-state index contributed by atoms with van der Waals surface area (Å²) in [6.45, 7) is 5.95. The lowest BCUT2D eigenvalue weighted by molar-refractivity contribution is 0.0715. The maximum Gasteiger partial charge on any atom is 0.343 e. The Balaban J connectivity index is 1.46. The molecule has 6 nitrogen and oxygen atoms in total. The van der Waals surface area contributed by atoms with E-state index in [9.17, 15) is 9.59 Å². The topological polar surface area (TPSA) is 71.0 Å². The molecule has 7 heteroatoms. The first-order valence-electron chi connectivity index (χ1n) is 9.57. The smallest absolute Gasteiger partial charge is 0.338 e. The van der Waals surface area contributed by atoms with Gasteiger partial charge in [0.05, 0.1) is 11.4 Å². The number of H-pyrrole nitrogens is 1. The van der Waals surface area contributed by atoms with Crippen molar-refractivity contribution in [2.45, 2.75) is 39.2 Å². The zero-order chi connectivity index (χ0) is 19.7. The van der Waals surface area contributed by atoms with Crippen LogP contribution in [0.3, 0.4) is 0 Å². The number of aryl methyl sites for hydroxylation is 2. The third-order valence-corrected chi connectivity index (χ3v) is 6.34. The first kappa shape index (κ1) is 18.7. The standard InChI is InChI=1S/C21H24N4O2S/c1-14-3-6-16(7-4-14)13-25-19(22-23-21(25)27)17-9-11-24(12-10-17)20(26)18-8-5-15(2)28-18/h3-8,17H,9-13H2,1-2H3,(H,23,27). The zero-order valence-corrected chi connectivity index (χ0v) is 17.0. The van der Waals surface area contributed by atoms with Gasteiger partial charge in [-0.05, 0) is 44.4 Å². The summed E-state index contributed by atoms with van der Waals surface area (Å²) in [6.07, 6.45) is 1.63. The quantitative estimate of drug-likeness (QED) is 0.735. The van der Waals surface area contributed by atoms with E-state index in [1.54, 1.807) is 15.9 Å². The van der Waals surface area contributed by atoms with Gasteiger partial charge in [0, 0.05) is 23.9 Å². The van der Waals surface area contributed by atoms with E-state index in [1.165, 1.54) is 5.56 Å². The molecule has 1 aliphatic rings.